The lowest BCUT2D eigenvalue weighted by atomic mass is 9.95. The minimum atomic E-state index is -0.201. The number of benzene rings is 3. The van der Waals surface area contributed by atoms with Crippen LogP contribution in [0.25, 0.3) is 17.2 Å². The number of halogens is 1. The van der Waals surface area contributed by atoms with Crippen LogP contribution >= 0.6 is 11.6 Å². The first-order valence-corrected chi connectivity index (χ1v) is 10.8. The van der Waals surface area contributed by atoms with Gasteiger partial charge in [0.25, 0.3) is 5.91 Å². The van der Waals surface area contributed by atoms with Crippen molar-refractivity contribution in [2.45, 2.75) is 0 Å². The van der Waals surface area contributed by atoms with Crippen LogP contribution in [0.5, 0.6) is 23.0 Å². The number of ether oxygens (including phenoxy) is 4. The molecule has 0 bridgehead atoms. The average Bonchev–Trinajstić information content (AvgIpc) is 3.16. The normalized spacial score (nSPS) is 13.3. The number of carbonyl (C=O) groups excluding carboxylic acids is 1. The maximum absolute atomic E-state index is 12.7. The molecule has 6 nitrogen and oxygen atoms in total. The van der Waals surface area contributed by atoms with Crippen LogP contribution < -0.4 is 24.3 Å². The third-order valence-corrected chi connectivity index (χ3v) is 5.89. The number of methoxy groups -OCH3 is 4. The number of rotatable bonds is 7. The van der Waals surface area contributed by atoms with E-state index < -0.39 is 0 Å². The number of carbonyl (C=O) groups is 1. The molecule has 1 aliphatic heterocycles. The van der Waals surface area contributed by atoms with E-state index in [4.69, 9.17) is 30.5 Å². The lowest BCUT2D eigenvalue weighted by Crippen LogP contribution is -2.03. The van der Waals surface area contributed by atoms with Crippen LogP contribution in [0, 0.1) is 0 Å². The molecule has 0 spiro atoms. The van der Waals surface area contributed by atoms with E-state index in [2.05, 4.69) is 11.9 Å². The highest BCUT2D eigenvalue weighted by atomic mass is 35.5. The van der Waals surface area contributed by atoms with Gasteiger partial charge in [-0.2, -0.15) is 0 Å². The van der Waals surface area contributed by atoms with Gasteiger partial charge in [-0.25, -0.2) is 0 Å². The van der Waals surface area contributed by atoms with Crippen molar-refractivity contribution in [1.82, 2.24) is 0 Å². The van der Waals surface area contributed by atoms with Crippen molar-refractivity contribution >= 4 is 40.4 Å². The van der Waals surface area contributed by atoms with Gasteiger partial charge in [-0.05, 0) is 65.2 Å². The topological polar surface area (TPSA) is 66.0 Å². The third-order valence-electron chi connectivity index (χ3n) is 5.66. The minimum absolute atomic E-state index is 0.201. The van der Waals surface area contributed by atoms with Gasteiger partial charge in [0.2, 0.25) is 5.75 Å². The molecule has 0 saturated heterocycles. The van der Waals surface area contributed by atoms with E-state index in [1.54, 1.807) is 52.7 Å². The lowest BCUT2D eigenvalue weighted by Gasteiger charge is -2.16. The number of nitrogens with one attached hydrogen (secondary N) is 1. The van der Waals surface area contributed by atoms with Gasteiger partial charge in [-0.1, -0.05) is 24.2 Å². The van der Waals surface area contributed by atoms with Gasteiger partial charge in [0, 0.05) is 27.4 Å². The number of fused-ring (bicyclic) bond motifs is 1. The van der Waals surface area contributed by atoms with Crippen molar-refractivity contribution in [2.75, 3.05) is 33.8 Å². The molecule has 7 heteroatoms. The highest BCUT2D eigenvalue weighted by Gasteiger charge is 2.25. The molecule has 3 aromatic rings. The Morgan fingerprint density at radius 3 is 2.15 bits per heavy atom. The minimum Gasteiger partial charge on any atom is -0.496 e. The van der Waals surface area contributed by atoms with Crippen LogP contribution in [0.3, 0.4) is 0 Å². The summed E-state index contributed by atoms with van der Waals surface area (Å²) in [5.74, 6) is 1.99. The van der Waals surface area contributed by atoms with E-state index in [0.717, 1.165) is 33.5 Å². The molecular formula is C27H24ClNO5. The molecule has 1 aliphatic rings. The Labute approximate surface area is 203 Å². The Bertz CT molecular complexity index is 1300. The Kier molecular flexibility index (Phi) is 6.52. The van der Waals surface area contributed by atoms with Crippen molar-refractivity contribution < 1.29 is 23.7 Å². The second-order valence-corrected chi connectivity index (χ2v) is 7.99. The molecule has 4 rings (SSSR count). The fraction of sp³-hybridized carbons (Fsp3) is 0.148. The first kappa shape index (κ1) is 23.3. The monoisotopic (exact) mass is 477 g/mol. The molecule has 0 fully saturated rings. The molecule has 0 aliphatic carbocycles. The average molecular weight is 478 g/mol. The summed E-state index contributed by atoms with van der Waals surface area (Å²) in [5, 5.41) is 3.42. The molecular weight excluding hydrogens is 454 g/mol. The van der Waals surface area contributed by atoms with E-state index in [1.165, 1.54) is 0 Å². The highest BCUT2D eigenvalue weighted by molar-refractivity contribution is 6.36. The van der Waals surface area contributed by atoms with Crippen LogP contribution in [-0.2, 0) is 4.79 Å². The van der Waals surface area contributed by atoms with Gasteiger partial charge in [0.15, 0.2) is 11.5 Å². The van der Waals surface area contributed by atoms with Crippen molar-refractivity contribution in [3.63, 3.8) is 0 Å². The zero-order valence-electron chi connectivity index (χ0n) is 19.3. The van der Waals surface area contributed by atoms with Gasteiger partial charge in [0.05, 0.1) is 28.4 Å². The summed E-state index contributed by atoms with van der Waals surface area (Å²) < 4.78 is 21.9. The molecule has 174 valence electrons. The largest absolute Gasteiger partial charge is 0.496 e. The summed E-state index contributed by atoms with van der Waals surface area (Å²) in [5.41, 5.74) is 5.07. The van der Waals surface area contributed by atoms with Crippen LogP contribution in [0.2, 0.25) is 5.02 Å². The molecule has 0 unspecified atom stereocenters. The summed E-state index contributed by atoms with van der Waals surface area (Å²) in [6.07, 6.45) is 1.79. The molecule has 1 N–H and O–H groups in total. The molecule has 1 amide bonds. The summed E-state index contributed by atoms with van der Waals surface area (Å²) in [6.45, 7) is 4.28. The van der Waals surface area contributed by atoms with Crippen molar-refractivity contribution in [1.29, 1.82) is 0 Å². The Hall–Kier alpha value is -3.90. The third kappa shape index (κ3) is 4.20. The zero-order chi connectivity index (χ0) is 24.4. The first-order valence-electron chi connectivity index (χ1n) is 10.4. The van der Waals surface area contributed by atoms with Crippen molar-refractivity contribution in [2.24, 2.45) is 0 Å². The van der Waals surface area contributed by atoms with Crippen LogP contribution in [0.4, 0.5) is 5.69 Å². The number of hydrogen-bond acceptors (Lipinski definition) is 5. The van der Waals surface area contributed by atoms with Crippen molar-refractivity contribution in [3.8, 4) is 23.0 Å². The van der Waals surface area contributed by atoms with Crippen LogP contribution in [-0.4, -0.2) is 34.3 Å². The van der Waals surface area contributed by atoms with Gasteiger partial charge >= 0.3 is 0 Å². The first-order chi connectivity index (χ1) is 16.4. The lowest BCUT2D eigenvalue weighted by molar-refractivity contribution is -0.110. The van der Waals surface area contributed by atoms with Gasteiger partial charge in [-0.3, -0.25) is 4.79 Å². The second kappa shape index (κ2) is 9.53. The Morgan fingerprint density at radius 2 is 1.53 bits per heavy atom. The number of anilines is 1. The Balaban J connectivity index is 1.79. The van der Waals surface area contributed by atoms with E-state index in [0.29, 0.717) is 33.6 Å². The molecule has 1 heterocycles. The van der Waals surface area contributed by atoms with E-state index in [9.17, 15) is 4.79 Å². The van der Waals surface area contributed by atoms with Gasteiger partial charge in [0.1, 0.15) is 5.75 Å². The fourth-order valence-corrected chi connectivity index (χ4v) is 4.09. The Morgan fingerprint density at radius 1 is 0.853 bits per heavy atom. The maximum Gasteiger partial charge on any atom is 0.256 e. The predicted octanol–water partition coefficient (Wildman–Crippen LogP) is 5.93. The van der Waals surface area contributed by atoms with Crippen LogP contribution in [0.1, 0.15) is 22.3 Å². The smallest absolute Gasteiger partial charge is 0.256 e. The summed E-state index contributed by atoms with van der Waals surface area (Å²) in [4.78, 5) is 12.7. The summed E-state index contributed by atoms with van der Waals surface area (Å²) >= 11 is 6.17. The fourth-order valence-electron chi connectivity index (χ4n) is 3.92. The zero-order valence-corrected chi connectivity index (χ0v) is 20.1. The standard InChI is InChI=1S/C27H24ClNO5/c1-15(17-12-24(32-3)26(34-5)25(13-17)33-4)16-6-9-23(31-2)18(10-16)11-21-20-14-19(28)7-8-22(20)29-27(21)30/h6-14H,1H2,2-5H3,(H,29,30)/b21-11+. The summed E-state index contributed by atoms with van der Waals surface area (Å²) in [6, 6.07) is 14.7. The van der Waals surface area contributed by atoms with E-state index in [1.807, 2.05) is 30.3 Å². The number of amides is 1. The molecule has 0 aromatic heterocycles. The molecule has 34 heavy (non-hydrogen) atoms. The van der Waals surface area contributed by atoms with Crippen molar-refractivity contribution in [3.05, 3.63) is 82.4 Å². The maximum atomic E-state index is 12.7. The summed E-state index contributed by atoms with van der Waals surface area (Å²) in [7, 11) is 6.28. The van der Waals surface area contributed by atoms with E-state index >= 15 is 0 Å². The quantitative estimate of drug-likeness (QED) is 0.427. The second-order valence-electron chi connectivity index (χ2n) is 7.55. The molecule has 3 aromatic carbocycles. The highest BCUT2D eigenvalue weighted by Crippen LogP contribution is 2.41. The van der Waals surface area contributed by atoms with Gasteiger partial charge < -0.3 is 24.3 Å². The molecule has 0 atom stereocenters. The van der Waals surface area contributed by atoms with E-state index in [-0.39, 0.29) is 5.91 Å². The molecule has 0 saturated carbocycles. The number of hydrogen-bond donors (Lipinski definition) is 1. The van der Waals surface area contributed by atoms with Crippen LogP contribution in [0.15, 0.2) is 55.1 Å². The SMILES string of the molecule is C=C(c1ccc(OC)c(/C=C2/C(=O)Nc3ccc(Cl)cc32)c1)c1cc(OC)c(OC)c(OC)c1. The molecule has 0 radical (unpaired) electrons. The van der Waals surface area contributed by atoms with Gasteiger partial charge in [-0.15, -0.1) is 0 Å². The predicted molar refractivity (Wildman–Crippen MR) is 135 cm³/mol.